The average Bonchev–Trinajstić information content (AvgIpc) is 3.23. The van der Waals surface area contributed by atoms with Gasteiger partial charge in [0.05, 0.1) is 0 Å². The number of hydrogen-bond acceptors (Lipinski definition) is 6. The fourth-order valence-electron chi connectivity index (χ4n) is 8.26. The fraction of sp³-hybridized carbons (Fsp3) is 0.945. The molecule has 0 N–H and O–H groups in total. The number of hydrogen-bond donors (Lipinski definition) is 0. The maximum Gasteiger partial charge on any atom is 0.306 e. The highest BCUT2D eigenvalue weighted by Gasteiger charge is 2.19. The van der Waals surface area contributed by atoms with Crippen LogP contribution in [-0.4, -0.2) is 37.2 Å². The number of carbonyl (C=O) groups excluding carboxylic acids is 3. The third kappa shape index (κ3) is 47.7. The van der Waals surface area contributed by atoms with Crippen molar-refractivity contribution in [2.75, 3.05) is 13.2 Å². The van der Waals surface area contributed by atoms with Crippen LogP contribution in [0.3, 0.4) is 0 Å². The lowest BCUT2D eigenvalue weighted by Crippen LogP contribution is -2.30. The molecule has 2 atom stereocenters. The summed E-state index contributed by atoms with van der Waals surface area (Å²) in [6, 6.07) is 0. The van der Waals surface area contributed by atoms with E-state index >= 15 is 0 Å². The molecule has 0 spiro atoms. The van der Waals surface area contributed by atoms with Crippen LogP contribution in [0.2, 0.25) is 0 Å². The minimum Gasteiger partial charge on any atom is -0.462 e. The van der Waals surface area contributed by atoms with Gasteiger partial charge in [0.2, 0.25) is 0 Å². The quantitative estimate of drug-likeness (QED) is 0.0344. The van der Waals surface area contributed by atoms with Crippen LogP contribution >= 0.6 is 0 Å². The molecule has 6 heteroatoms. The first kappa shape index (κ1) is 59.4. The van der Waals surface area contributed by atoms with Gasteiger partial charge in [-0.25, -0.2) is 0 Å². The van der Waals surface area contributed by atoms with Crippen LogP contribution in [0.1, 0.15) is 298 Å². The molecule has 0 aliphatic rings. The number of ether oxygens (including phenoxy) is 3. The second-order valence-electron chi connectivity index (χ2n) is 20.1. The Labute approximate surface area is 380 Å². The Bertz CT molecular complexity index is 947. The van der Waals surface area contributed by atoms with Gasteiger partial charge in [-0.05, 0) is 37.0 Å². The molecule has 0 heterocycles. The maximum atomic E-state index is 12.8. The highest BCUT2D eigenvalue weighted by atomic mass is 16.6. The van der Waals surface area contributed by atoms with E-state index in [4.69, 9.17) is 14.2 Å². The second kappa shape index (κ2) is 46.4. The Morgan fingerprint density at radius 3 is 0.852 bits per heavy atom. The standard InChI is InChI=1S/C55H106O6/c1-7-51(6)43-37-31-25-21-22-27-33-39-45-54(57)60-48-52(47-59-53(56)44-38-32-26-19-16-15-18-24-30-36-42-50(4)5)61-55(58)46-40-34-28-20-14-12-10-8-9-11-13-17-23-29-35-41-49(2)3/h49-52H,7-48H2,1-6H3/t51?,52-/m0/s1. The molecule has 0 aromatic rings. The van der Waals surface area contributed by atoms with Crippen molar-refractivity contribution in [1.29, 1.82) is 0 Å². The largest absolute Gasteiger partial charge is 0.462 e. The molecule has 0 saturated carbocycles. The van der Waals surface area contributed by atoms with E-state index in [2.05, 4.69) is 41.5 Å². The first-order chi connectivity index (χ1) is 29.6. The molecule has 0 radical (unpaired) electrons. The molecule has 0 fully saturated rings. The second-order valence-corrected chi connectivity index (χ2v) is 20.1. The van der Waals surface area contributed by atoms with E-state index in [1.54, 1.807) is 0 Å². The number of unbranched alkanes of at least 4 members (excludes halogenated alkanes) is 30. The van der Waals surface area contributed by atoms with Crippen molar-refractivity contribution in [2.24, 2.45) is 17.8 Å². The summed E-state index contributed by atoms with van der Waals surface area (Å²) < 4.78 is 16.8. The number of esters is 3. The predicted molar refractivity (Wildman–Crippen MR) is 261 cm³/mol. The molecule has 0 rings (SSSR count). The van der Waals surface area contributed by atoms with Crippen LogP contribution in [0.5, 0.6) is 0 Å². The molecule has 0 aliphatic heterocycles. The Hall–Kier alpha value is -1.59. The van der Waals surface area contributed by atoms with Gasteiger partial charge in [0.1, 0.15) is 13.2 Å². The van der Waals surface area contributed by atoms with Crippen LogP contribution in [-0.2, 0) is 28.6 Å². The summed E-state index contributed by atoms with van der Waals surface area (Å²) in [6.45, 7) is 13.7. The van der Waals surface area contributed by atoms with Crippen LogP contribution in [0, 0.1) is 17.8 Å². The zero-order chi connectivity index (χ0) is 44.9. The highest BCUT2D eigenvalue weighted by Crippen LogP contribution is 2.18. The number of rotatable bonds is 48. The lowest BCUT2D eigenvalue weighted by Gasteiger charge is -2.18. The smallest absolute Gasteiger partial charge is 0.306 e. The third-order valence-electron chi connectivity index (χ3n) is 12.8. The van der Waals surface area contributed by atoms with E-state index in [-0.39, 0.29) is 31.1 Å². The molecule has 0 aliphatic carbocycles. The SMILES string of the molecule is CCC(C)CCCCCCCCCCC(=O)OC[C@H](COC(=O)CCCCCCCCCCCCC(C)C)OC(=O)CCCCCCCCCCCCCCCCCC(C)C. The molecular formula is C55H106O6. The Kier molecular flexibility index (Phi) is 45.2. The lowest BCUT2D eigenvalue weighted by atomic mass is 9.99. The molecule has 0 bridgehead atoms. The Morgan fingerprint density at radius 1 is 0.328 bits per heavy atom. The zero-order valence-corrected chi connectivity index (χ0v) is 42.0. The molecule has 0 amide bonds. The van der Waals surface area contributed by atoms with Gasteiger partial charge in [-0.15, -0.1) is 0 Å². The molecule has 0 saturated heterocycles. The summed E-state index contributed by atoms with van der Waals surface area (Å²) in [5.41, 5.74) is 0. The summed E-state index contributed by atoms with van der Waals surface area (Å²) >= 11 is 0. The average molecular weight is 863 g/mol. The monoisotopic (exact) mass is 863 g/mol. The predicted octanol–water partition coefficient (Wildman–Crippen LogP) is 17.6. The Morgan fingerprint density at radius 2 is 0.574 bits per heavy atom. The lowest BCUT2D eigenvalue weighted by molar-refractivity contribution is -0.167. The van der Waals surface area contributed by atoms with Crippen molar-refractivity contribution < 1.29 is 28.6 Å². The number of carbonyl (C=O) groups is 3. The summed E-state index contributed by atoms with van der Waals surface area (Å²) in [7, 11) is 0. The first-order valence-electron chi connectivity index (χ1n) is 27.1. The summed E-state index contributed by atoms with van der Waals surface area (Å²) in [4.78, 5) is 38.0. The van der Waals surface area contributed by atoms with Crippen molar-refractivity contribution in [3.8, 4) is 0 Å². The molecule has 1 unspecified atom stereocenters. The molecule has 362 valence electrons. The van der Waals surface area contributed by atoms with E-state index < -0.39 is 6.10 Å². The van der Waals surface area contributed by atoms with E-state index in [0.717, 1.165) is 75.5 Å². The van der Waals surface area contributed by atoms with Gasteiger partial charge in [-0.1, -0.05) is 260 Å². The van der Waals surface area contributed by atoms with Crippen LogP contribution in [0.25, 0.3) is 0 Å². The highest BCUT2D eigenvalue weighted by molar-refractivity contribution is 5.71. The molecule has 6 nitrogen and oxygen atoms in total. The minimum absolute atomic E-state index is 0.0647. The normalized spacial score (nSPS) is 12.6. The van der Waals surface area contributed by atoms with E-state index in [0.29, 0.717) is 19.3 Å². The molecule has 0 aromatic carbocycles. The van der Waals surface area contributed by atoms with Gasteiger partial charge in [-0.2, -0.15) is 0 Å². The van der Waals surface area contributed by atoms with Crippen molar-refractivity contribution >= 4 is 17.9 Å². The van der Waals surface area contributed by atoms with E-state index in [1.165, 1.54) is 180 Å². The fourth-order valence-corrected chi connectivity index (χ4v) is 8.26. The summed E-state index contributed by atoms with van der Waals surface area (Å²) in [6.07, 6.45) is 46.6. The van der Waals surface area contributed by atoms with Gasteiger partial charge in [0.15, 0.2) is 6.10 Å². The van der Waals surface area contributed by atoms with Crippen LogP contribution in [0.15, 0.2) is 0 Å². The van der Waals surface area contributed by atoms with Gasteiger partial charge >= 0.3 is 17.9 Å². The third-order valence-corrected chi connectivity index (χ3v) is 12.8. The minimum atomic E-state index is -0.763. The van der Waals surface area contributed by atoms with E-state index in [9.17, 15) is 14.4 Å². The first-order valence-corrected chi connectivity index (χ1v) is 27.1. The van der Waals surface area contributed by atoms with Crippen LogP contribution in [0.4, 0.5) is 0 Å². The molecule has 0 aromatic heterocycles. The summed E-state index contributed by atoms with van der Waals surface area (Å²) in [5.74, 6) is 1.66. The Balaban J connectivity index is 4.30. The van der Waals surface area contributed by atoms with Crippen molar-refractivity contribution in [3.05, 3.63) is 0 Å². The zero-order valence-electron chi connectivity index (χ0n) is 42.0. The van der Waals surface area contributed by atoms with Gasteiger partial charge < -0.3 is 14.2 Å². The topological polar surface area (TPSA) is 78.9 Å². The maximum absolute atomic E-state index is 12.8. The summed E-state index contributed by atoms with van der Waals surface area (Å²) in [5, 5.41) is 0. The van der Waals surface area contributed by atoms with Crippen LogP contribution < -0.4 is 0 Å². The molecule has 61 heavy (non-hydrogen) atoms. The van der Waals surface area contributed by atoms with Crippen molar-refractivity contribution in [1.82, 2.24) is 0 Å². The van der Waals surface area contributed by atoms with Crippen molar-refractivity contribution in [3.63, 3.8) is 0 Å². The van der Waals surface area contributed by atoms with Gasteiger partial charge in [0, 0.05) is 19.3 Å². The van der Waals surface area contributed by atoms with E-state index in [1.807, 2.05) is 0 Å². The van der Waals surface area contributed by atoms with Gasteiger partial charge in [0.25, 0.3) is 0 Å². The van der Waals surface area contributed by atoms with Crippen molar-refractivity contribution in [2.45, 2.75) is 304 Å². The molecular weight excluding hydrogens is 757 g/mol. The van der Waals surface area contributed by atoms with Gasteiger partial charge in [-0.3, -0.25) is 14.4 Å².